The summed E-state index contributed by atoms with van der Waals surface area (Å²) in [6, 6.07) is 3.83. The summed E-state index contributed by atoms with van der Waals surface area (Å²) in [6.07, 6.45) is 0.810. The van der Waals surface area contributed by atoms with Gasteiger partial charge < -0.3 is 5.32 Å². The molecule has 0 aliphatic rings. The minimum Gasteiger partial charge on any atom is -0.317 e. The molecular formula is C11H21N3O2S2. The molecule has 0 fully saturated rings. The minimum atomic E-state index is -3.36. The molecule has 2 N–H and O–H groups in total. The monoisotopic (exact) mass is 291 g/mol. The third kappa shape index (κ3) is 5.45. The Bertz CT molecular complexity index is 418. The molecule has 1 rings (SSSR count). The van der Waals surface area contributed by atoms with Gasteiger partial charge in [-0.2, -0.15) is 17.4 Å². The largest absolute Gasteiger partial charge is 0.317 e. The van der Waals surface area contributed by atoms with Gasteiger partial charge in [0, 0.05) is 25.0 Å². The van der Waals surface area contributed by atoms with Crippen molar-refractivity contribution in [3.63, 3.8) is 0 Å². The Balaban J connectivity index is 2.33. The molecule has 0 saturated carbocycles. The molecular weight excluding hydrogens is 270 g/mol. The van der Waals surface area contributed by atoms with Crippen LogP contribution in [0.2, 0.25) is 0 Å². The molecule has 1 aromatic rings. The van der Waals surface area contributed by atoms with Crippen molar-refractivity contribution < 1.29 is 8.42 Å². The SMILES string of the molecule is CCNCCCN(C)S(=O)(=O)NCc1cccs1. The predicted molar refractivity (Wildman–Crippen MR) is 75.9 cm³/mol. The van der Waals surface area contributed by atoms with E-state index in [-0.39, 0.29) is 0 Å². The molecule has 0 amide bonds. The van der Waals surface area contributed by atoms with Crippen LogP contribution >= 0.6 is 11.3 Å². The normalized spacial score (nSPS) is 12.2. The van der Waals surface area contributed by atoms with Crippen LogP contribution in [0.3, 0.4) is 0 Å². The summed E-state index contributed by atoms with van der Waals surface area (Å²) in [4.78, 5) is 1.01. The van der Waals surface area contributed by atoms with E-state index < -0.39 is 10.2 Å². The number of rotatable bonds is 9. The van der Waals surface area contributed by atoms with Crippen LogP contribution in [-0.4, -0.2) is 39.4 Å². The molecule has 104 valence electrons. The molecule has 0 unspecified atom stereocenters. The van der Waals surface area contributed by atoms with Gasteiger partial charge in [-0.15, -0.1) is 11.3 Å². The Morgan fingerprint density at radius 1 is 1.44 bits per heavy atom. The van der Waals surface area contributed by atoms with E-state index in [9.17, 15) is 8.42 Å². The van der Waals surface area contributed by atoms with Crippen molar-refractivity contribution in [3.8, 4) is 0 Å². The molecule has 1 heterocycles. The highest BCUT2D eigenvalue weighted by atomic mass is 32.2. The molecule has 7 heteroatoms. The fraction of sp³-hybridized carbons (Fsp3) is 0.636. The van der Waals surface area contributed by atoms with Gasteiger partial charge in [-0.1, -0.05) is 13.0 Å². The Morgan fingerprint density at radius 2 is 2.22 bits per heavy atom. The average Bonchev–Trinajstić information content (AvgIpc) is 2.85. The zero-order valence-electron chi connectivity index (χ0n) is 10.8. The smallest absolute Gasteiger partial charge is 0.279 e. The first-order valence-electron chi connectivity index (χ1n) is 6.00. The molecule has 0 aliphatic carbocycles. The number of hydrogen-bond donors (Lipinski definition) is 2. The fourth-order valence-corrected chi connectivity index (χ4v) is 3.07. The third-order valence-electron chi connectivity index (χ3n) is 2.50. The highest BCUT2D eigenvalue weighted by molar-refractivity contribution is 7.87. The molecule has 0 aliphatic heterocycles. The molecule has 0 spiro atoms. The van der Waals surface area contributed by atoms with Gasteiger partial charge in [0.25, 0.3) is 10.2 Å². The van der Waals surface area contributed by atoms with Gasteiger partial charge in [-0.3, -0.25) is 0 Å². The molecule has 0 saturated heterocycles. The van der Waals surface area contributed by atoms with Gasteiger partial charge in [0.1, 0.15) is 0 Å². The van der Waals surface area contributed by atoms with E-state index >= 15 is 0 Å². The summed E-state index contributed by atoms with van der Waals surface area (Å²) >= 11 is 1.54. The summed E-state index contributed by atoms with van der Waals surface area (Å²) in [5.41, 5.74) is 0. The lowest BCUT2D eigenvalue weighted by molar-refractivity contribution is 0.445. The number of nitrogens with one attached hydrogen (secondary N) is 2. The van der Waals surface area contributed by atoms with E-state index in [0.29, 0.717) is 13.1 Å². The highest BCUT2D eigenvalue weighted by Gasteiger charge is 2.16. The Morgan fingerprint density at radius 3 is 2.83 bits per heavy atom. The Labute approximate surface area is 113 Å². The first kappa shape index (κ1) is 15.6. The van der Waals surface area contributed by atoms with Crippen LogP contribution < -0.4 is 10.0 Å². The zero-order valence-corrected chi connectivity index (χ0v) is 12.5. The summed E-state index contributed by atoms with van der Waals surface area (Å²) in [5, 5.41) is 5.10. The van der Waals surface area contributed by atoms with Crippen LogP contribution in [0.1, 0.15) is 18.2 Å². The summed E-state index contributed by atoms with van der Waals surface area (Å²) < 4.78 is 27.7. The van der Waals surface area contributed by atoms with Crippen LogP contribution in [0.4, 0.5) is 0 Å². The topological polar surface area (TPSA) is 61.4 Å². The quantitative estimate of drug-likeness (QED) is 0.668. The highest BCUT2D eigenvalue weighted by Crippen LogP contribution is 2.08. The van der Waals surface area contributed by atoms with E-state index in [4.69, 9.17) is 0 Å². The van der Waals surface area contributed by atoms with Crippen LogP contribution in [0.15, 0.2) is 17.5 Å². The second-order valence-corrected chi connectivity index (χ2v) is 6.83. The van der Waals surface area contributed by atoms with Crippen molar-refractivity contribution in [1.82, 2.24) is 14.3 Å². The zero-order chi connectivity index (χ0) is 13.4. The Kier molecular flexibility index (Phi) is 6.80. The van der Waals surface area contributed by atoms with Crippen LogP contribution in [0.25, 0.3) is 0 Å². The minimum absolute atomic E-state index is 0.359. The maximum absolute atomic E-state index is 11.9. The lowest BCUT2D eigenvalue weighted by atomic mass is 10.4. The molecule has 5 nitrogen and oxygen atoms in total. The van der Waals surface area contributed by atoms with E-state index in [0.717, 1.165) is 24.4 Å². The van der Waals surface area contributed by atoms with Gasteiger partial charge in [0.15, 0.2) is 0 Å². The number of hydrogen-bond acceptors (Lipinski definition) is 4. The second-order valence-electron chi connectivity index (χ2n) is 3.93. The van der Waals surface area contributed by atoms with Crippen molar-refractivity contribution in [3.05, 3.63) is 22.4 Å². The Hall–Kier alpha value is -0.470. The maximum Gasteiger partial charge on any atom is 0.279 e. The van der Waals surface area contributed by atoms with E-state index in [1.165, 1.54) is 4.31 Å². The van der Waals surface area contributed by atoms with Crippen molar-refractivity contribution in [2.75, 3.05) is 26.7 Å². The van der Waals surface area contributed by atoms with E-state index in [2.05, 4.69) is 10.0 Å². The second kappa shape index (κ2) is 7.85. The number of nitrogens with zero attached hydrogens (tertiary/aromatic N) is 1. The number of thiophene rings is 1. The summed E-state index contributed by atoms with van der Waals surface area (Å²) in [5.74, 6) is 0. The van der Waals surface area contributed by atoms with Crippen molar-refractivity contribution >= 4 is 21.5 Å². The van der Waals surface area contributed by atoms with Crippen molar-refractivity contribution in [2.24, 2.45) is 0 Å². The van der Waals surface area contributed by atoms with Crippen molar-refractivity contribution in [2.45, 2.75) is 19.9 Å². The van der Waals surface area contributed by atoms with Crippen LogP contribution in [0, 0.1) is 0 Å². The lowest BCUT2D eigenvalue weighted by Gasteiger charge is -2.17. The van der Waals surface area contributed by atoms with Crippen molar-refractivity contribution in [1.29, 1.82) is 0 Å². The lowest BCUT2D eigenvalue weighted by Crippen LogP contribution is -2.38. The molecule has 18 heavy (non-hydrogen) atoms. The van der Waals surface area contributed by atoms with E-state index in [1.54, 1.807) is 18.4 Å². The average molecular weight is 291 g/mol. The molecule has 0 atom stereocenters. The molecule has 0 bridgehead atoms. The maximum atomic E-state index is 11.9. The van der Waals surface area contributed by atoms with Gasteiger partial charge in [0.2, 0.25) is 0 Å². The third-order valence-corrected chi connectivity index (χ3v) is 4.88. The standard InChI is InChI=1S/C11H21N3O2S2/c1-3-12-7-5-8-14(2)18(15,16)13-10-11-6-4-9-17-11/h4,6,9,12-13H,3,5,7-8,10H2,1-2H3. The first-order chi connectivity index (χ1) is 8.56. The molecule has 1 aromatic heterocycles. The summed E-state index contributed by atoms with van der Waals surface area (Å²) in [6.45, 7) is 4.65. The predicted octanol–water partition coefficient (Wildman–Crippen LogP) is 1.01. The van der Waals surface area contributed by atoms with Gasteiger partial charge in [-0.05, 0) is 31.0 Å². The first-order valence-corrected chi connectivity index (χ1v) is 8.32. The van der Waals surface area contributed by atoms with Crippen LogP contribution in [0.5, 0.6) is 0 Å². The van der Waals surface area contributed by atoms with Gasteiger partial charge in [-0.25, -0.2) is 0 Å². The van der Waals surface area contributed by atoms with Gasteiger partial charge >= 0.3 is 0 Å². The molecule has 0 aromatic carbocycles. The van der Waals surface area contributed by atoms with E-state index in [1.807, 2.05) is 24.4 Å². The van der Waals surface area contributed by atoms with Crippen LogP contribution in [-0.2, 0) is 16.8 Å². The fourth-order valence-electron chi connectivity index (χ4n) is 1.41. The summed E-state index contributed by atoms with van der Waals surface area (Å²) in [7, 11) is -1.76. The van der Waals surface area contributed by atoms with Gasteiger partial charge in [0.05, 0.1) is 0 Å². The molecule has 0 radical (unpaired) electrons.